The van der Waals surface area contributed by atoms with Gasteiger partial charge in [-0.3, -0.25) is 4.79 Å². The number of halogens is 1. The molecule has 1 saturated carbocycles. The van der Waals surface area contributed by atoms with Crippen molar-refractivity contribution in [1.29, 1.82) is 5.26 Å². The van der Waals surface area contributed by atoms with Crippen LogP contribution in [-0.2, 0) is 4.79 Å². The number of hydrogen-bond acceptors (Lipinski definition) is 3. The van der Waals surface area contributed by atoms with Crippen LogP contribution in [0.3, 0.4) is 0 Å². The van der Waals surface area contributed by atoms with Crippen molar-refractivity contribution in [1.82, 2.24) is 0 Å². The molecule has 4 nitrogen and oxygen atoms in total. The van der Waals surface area contributed by atoms with Crippen molar-refractivity contribution in [2.45, 2.75) is 25.3 Å². The summed E-state index contributed by atoms with van der Waals surface area (Å²) in [7, 11) is 0. The molecule has 0 bridgehead atoms. The van der Waals surface area contributed by atoms with Crippen LogP contribution in [0.1, 0.15) is 24.8 Å². The van der Waals surface area contributed by atoms with E-state index in [4.69, 9.17) is 22.6 Å². The molecule has 5 heteroatoms. The highest BCUT2D eigenvalue weighted by Gasteiger charge is 2.27. The molecule has 1 aliphatic rings. The molecule has 0 aromatic heterocycles. The van der Waals surface area contributed by atoms with Gasteiger partial charge in [0.05, 0.1) is 10.6 Å². The second-order valence-corrected chi connectivity index (χ2v) is 4.97. The van der Waals surface area contributed by atoms with Gasteiger partial charge in [-0.15, -0.1) is 0 Å². The summed E-state index contributed by atoms with van der Waals surface area (Å²) in [6, 6.07) is 6.97. The van der Waals surface area contributed by atoms with E-state index >= 15 is 0 Å². The Morgan fingerprint density at radius 1 is 1.50 bits per heavy atom. The van der Waals surface area contributed by atoms with E-state index in [1.165, 1.54) is 0 Å². The van der Waals surface area contributed by atoms with Crippen molar-refractivity contribution in [3.8, 4) is 6.07 Å². The number of benzene rings is 1. The third-order valence-electron chi connectivity index (χ3n) is 3.20. The Morgan fingerprint density at radius 2 is 2.28 bits per heavy atom. The lowest BCUT2D eigenvalue weighted by Crippen LogP contribution is -2.23. The number of carbonyl (C=O) groups is 1. The van der Waals surface area contributed by atoms with Crippen LogP contribution in [0.25, 0.3) is 0 Å². The van der Waals surface area contributed by atoms with Crippen LogP contribution in [0.15, 0.2) is 18.2 Å². The van der Waals surface area contributed by atoms with Gasteiger partial charge >= 0.3 is 0 Å². The van der Waals surface area contributed by atoms with Gasteiger partial charge in [0.1, 0.15) is 6.07 Å². The Labute approximate surface area is 111 Å². The number of nitrogens with one attached hydrogen (secondary N) is 1. The van der Waals surface area contributed by atoms with Crippen molar-refractivity contribution in [2.75, 3.05) is 5.32 Å². The first-order valence-electron chi connectivity index (χ1n) is 5.86. The highest BCUT2D eigenvalue weighted by Crippen LogP contribution is 2.26. The van der Waals surface area contributed by atoms with Crippen LogP contribution in [0.4, 0.5) is 5.69 Å². The number of nitrogens with two attached hydrogens (primary N) is 1. The number of nitrogens with zero attached hydrogens (tertiary/aromatic N) is 1. The van der Waals surface area contributed by atoms with E-state index in [2.05, 4.69) is 5.32 Å². The van der Waals surface area contributed by atoms with E-state index in [1.807, 2.05) is 6.07 Å². The fraction of sp³-hybridized carbons (Fsp3) is 0.385. The van der Waals surface area contributed by atoms with Crippen molar-refractivity contribution < 1.29 is 4.79 Å². The summed E-state index contributed by atoms with van der Waals surface area (Å²) in [5.41, 5.74) is 6.80. The molecule has 1 aromatic rings. The topological polar surface area (TPSA) is 78.9 Å². The molecule has 18 heavy (non-hydrogen) atoms. The van der Waals surface area contributed by atoms with Crippen molar-refractivity contribution in [2.24, 2.45) is 11.7 Å². The molecule has 1 fully saturated rings. The summed E-state index contributed by atoms with van der Waals surface area (Å²) in [6.45, 7) is 0. The standard InChI is InChI=1S/C13H14ClN3O/c14-12-6-11(4-2-9(12)7-15)17-13(18)8-1-3-10(16)5-8/h2,4,6,8,10H,1,3,5,16H2,(H,17,18). The average molecular weight is 264 g/mol. The maximum Gasteiger partial charge on any atom is 0.227 e. The zero-order valence-electron chi connectivity index (χ0n) is 9.82. The smallest absolute Gasteiger partial charge is 0.227 e. The Balaban J connectivity index is 2.04. The number of hydrogen-bond donors (Lipinski definition) is 2. The molecule has 0 spiro atoms. The lowest BCUT2D eigenvalue weighted by Gasteiger charge is -2.11. The molecule has 3 N–H and O–H groups in total. The fourth-order valence-corrected chi connectivity index (χ4v) is 2.41. The fourth-order valence-electron chi connectivity index (χ4n) is 2.18. The summed E-state index contributed by atoms with van der Waals surface area (Å²) < 4.78 is 0. The van der Waals surface area contributed by atoms with E-state index in [-0.39, 0.29) is 17.9 Å². The molecule has 0 radical (unpaired) electrons. The lowest BCUT2D eigenvalue weighted by atomic mass is 10.1. The number of carbonyl (C=O) groups excluding carboxylic acids is 1. The second kappa shape index (κ2) is 5.38. The minimum absolute atomic E-state index is 0.0191. The zero-order valence-corrected chi connectivity index (χ0v) is 10.6. The van der Waals surface area contributed by atoms with Crippen molar-refractivity contribution >= 4 is 23.2 Å². The largest absolute Gasteiger partial charge is 0.328 e. The molecule has 94 valence electrons. The number of anilines is 1. The molecule has 0 aliphatic heterocycles. The first-order chi connectivity index (χ1) is 8.60. The Bertz CT molecular complexity index is 509. The molecule has 1 aromatic carbocycles. The first kappa shape index (κ1) is 12.9. The minimum atomic E-state index is -0.0243. The molecule has 1 amide bonds. The van der Waals surface area contributed by atoms with E-state index in [1.54, 1.807) is 18.2 Å². The van der Waals surface area contributed by atoms with Gasteiger partial charge < -0.3 is 11.1 Å². The molecule has 2 atom stereocenters. The van der Waals surface area contributed by atoms with Gasteiger partial charge in [-0.05, 0) is 37.5 Å². The SMILES string of the molecule is N#Cc1ccc(NC(=O)C2CCC(N)C2)cc1Cl. The van der Waals surface area contributed by atoms with Crippen LogP contribution >= 0.6 is 11.6 Å². The van der Waals surface area contributed by atoms with Gasteiger partial charge in [0.2, 0.25) is 5.91 Å². The third-order valence-corrected chi connectivity index (χ3v) is 3.51. The Hall–Kier alpha value is -1.57. The van der Waals surface area contributed by atoms with Crippen LogP contribution in [-0.4, -0.2) is 11.9 Å². The quantitative estimate of drug-likeness (QED) is 0.859. The summed E-state index contributed by atoms with van der Waals surface area (Å²) in [5, 5.41) is 11.9. The van der Waals surface area contributed by atoms with Gasteiger partial charge in [0.25, 0.3) is 0 Å². The predicted octanol–water partition coefficient (Wildman–Crippen LogP) is 2.28. The van der Waals surface area contributed by atoms with Crippen molar-refractivity contribution in [3.63, 3.8) is 0 Å². The monoisotopic (exact) mass is 263 g/mol. The van der Waals surface area contributed by atoms with Crippen LogP contribution in [0.5, 0.6) is 0 Å². The highest BCUT2D eigenvalue weighted by atomic mass is 35.5. The maximum absolute atomic E-state index is 12.0. The molecule has 0 saturated heterocycles. The molecule has 2 rings (SSSR count). The van der Waals surface area contributed by atoms with Crippen LogP contribution < -0.4 is 11.1 Å². The number of amides is 1. The molecule has 1 aliphatic carbocycles. The molecule has 0 heterocycles. The maximum atomic E-state index is 12.0. The van der Waals surface area contributed by atoms with Gasteiger partial charge in [0, 0.05) is 17.6 Å². The average Bonchev–Trinajstić information content (AvgIpc) is 2.76. The van der Waals surface area contributed by atoms with E-state index in [9.17, 15) is 4.79 Å². The van der Waals surface area contributed by atoms with E-state index in [0.29, 0.717) is 16.3 Å². The first-order valence-corrected chi connectivity index (χ1v) is 6.24. The summed E-state index contributed by atoms with van der Waals surface area (Å²) >= 11 is 5.90. The van der Waals surface area contributed by atoms with Crippen LogP contribution in [0, 0.1) is 17.2 Å². The number of nitriles is 1. The third kappa shape index (κ3) is 2.81. The van der Waals surface area contributed by atoms with E-state index in [0.717, 1.165) is 19.3 Å². The van der Waals surface area contributed by atoms with Gasteiger partial charge in [0.15, 0.2) is 0 Å². The van der Waals surface area contributed by atoms with Gasteiger partial charge in [-0.1, -0.05) is 11.6 Å². The van der Waals surface area contributed by atoms with Crippen LogP contribution in [0.2, 0.25) is 5.02 Å². The summed E-state index contributed by atoms with van der Waals surface area (Å²) in [4.78, 5) is 12.0. The Kier molecular flexibility index (Phi) is 3.85. The Morgan fingerprint density at radius 3 is 2.83 bits per heavy atom. The predicted molar refractivity (Wildman–Crippen MR) is 70.1 cm³/mol. The van der Waals surface area contributed by atoms with Gasteiger partial charge in [-0.25, -0.2) is 0 Å². The molecule has 2 unspecified atom stereocenters. The molecular weight excluding hydrogens is 250 g/mol. The number of rotatable bonds is 2. The van der Waals surface area contributed by atoms with Gasteiger partial charge in [-0.2, -0.15) is 5.26 Å². The minimum Gasteiger partial charge on any atom is -0.328 e. The normalized spacial score (nSPS) is 22.5. The molecular formula is C13H14ClN3O. The van der Waals surface area contributed by atoms with E-state index < -0.39 is 0 Å². The summed E-state index contributed by atoms with van der Waals surface area (Å²) in [6.07, 6.45) is 2.46. The zero-order chi connectivity index (χ0) is 13.1. The lowest BCUT2D eigenvalue weighted by molar-refractivity contribution is -0.119. The summed E-state index contributed by atoms with van der Waals surface area (Å²) in [5.74, 6) is -0.0434. The highest BCUT2D eigenvalue weighted by molar-refractivity contribution is 6.32. The van der Waals surface area contributed by atoms with Crippen molar-refractivity contribution in [3.05, 3.63) is 28.8 Å². The second-order valence-electron chi connectivity index (χ2n) is 4.57.